The Morgan fingerprint density at radius 3 is 1.00 bits per heavy atom. The monoisotopic (exact) mass is 616 g/mol. The summed E-state index contributed by atoms with van der Waals surface area (Å²) in [6, 6.07) is 29.1. The first-order valence-corrected chi connectivity index (χ1v) is 16.7. The van der Waals surface area contributed by atoms with Crippen molar-refractivity contribution >= 4 is 36.5 Å². The van der Waals surface area contributed by atoms with Gasteiger partial charge < -0.3 is 18.9 Å². The number of benzene rings is 4. The Balaban J connectivity index is 1.39. The van der Waals surface area contributed by atoms with Gasteiger partial charge in [-0.25, -0.2) is 0 Å². The van der Waals surface area contributed by atoms with Gasteiger partial charge in [-0.1, -0.05) is 113 Å². The largest absolute Gasteiger partial charge is 0.494 e. The molecular formula is C42H48O4. The molecule has 0 fully saturated rings. The fourth-order valence-electron chi connectivity index (χ4n) is 4.62. The zero-order valence-corrected chi connectivity index (χ0v) is 27.8. The van der Waals surface area contributed by atoms with Gasteiger partial charge in [0.2, 0.25) is 0 Å². The molecule has 0 saturated carbocycles. The van der Waals surface area contributed by atoms with E-state index < -0.39 is 0 Å². The predicted octanol–water partition coefficient (Wildman–Crippen LogP) is 11.4. The minimum Gasteiger partial charge on any atom is -0.494 e. The summed E-state index contributed by atoms with van der Waals surface area (Å²) >= 11 is 0. The van der Waals surface area contributed by atoms with Crippen LogP contribution in [0.15, 0.2) is 84.9 Å². The van der Waals surface area contributed by atoms with Crippen LogP contribution in [-0.2, 0) is 0 Å². The lowest BCUT2D eigenvalue weighted by Crippen LogP contribution is -1.99. The second kappa shape index (κ2) is 19.0. The molecule has 4 heteroatoms. The number of ether oxygens (including phenoxy) is 4. The molecule has 4 aromatic carbocycles. The van der Waals surface area contributed by atoms with Crippen LogP contribution in [-0.4, -0.2) is 26.4 Å². The fourth-order valence-corrected chi connectivity index (χ4v) is 4.62. The lowest BCUT2D eigenvalue weighted by atomic mass is 10.1. The normalized spacial score (nSPS) is 11.5. The highest BCUT2D eigenvalue weighted by atomic mass is 16.5. The van der Waals surface area contributed by atoms with E-state index in [-0.39, 0.29) is 0 Å². The fraction of sp³-hybridized carbons (Fsp3) is 0.286. The minimum absolute atomic E-state index is 0.690. The second-order valence-electron chi connectivity index (χ2n) is 11.1. The van der Waals surface area contributed by atoms with Gasteiger partial charge in [0.25, 0.3) is 0 Å². The molecule has 4 nitrogen and oxygen atoms in total. The first kappa shape index (κ1) is 34.2. The van der Waals surface area contributed by atoms with E-state index in [1.54, 1.807) is 0 Å². The SMILES string of the molecule is CCCOc1ccc(OCCC)c(/C=C/c2ccc(/C=C/c3ccc(/C=C/c4cc(OCCC)ccc4OCCC)cc3)cc2)c1. The molecule has 0 spiro atoms. The van der Waals surface area contributed by atoms with Crippen LogP contribution in [0.2, 0.25) is 0 Å². The van der Waals surface area contributed by atoms with Gasteiger partial charge in [-0.15, -0.1) is 0 Å². The standard InChI is InChI=1S/C42H48O4/c1-5-27-43-39-23-25-41(45-29-7-3)37(31-39)21-19-35-15-11-33(12-16-35)9-10-34-13-17-36(18-14-34)20-22-38-32-40(44-28-6-2)24-26-42(38)46-30-8-4/h9-26,31-32H,5-8,27-30H2,1-4H3/b10-9+,21-19+,22-20+. The maximum absolute atomic E-state index is 5.97. The molecule has 0 radical (unpaired) electrons. The first-order chi connectivity index (χ1) is 22.6. The third-order valence-corrected chi connectivity index (χ3v) is 7.08. The molecule has 0 aliphatic rings. The Bertz CT molecular complexity index is 1440. The van der Waals surface area contributed by atoms with Crippen molar-refractivity contribution in [3.63, 3.8) is 0 Å². The zero-order valence-electron chi connectivity index (χ0n) is 27.8. The van der Waals surface area contributed by atoms with Gasteiger partial charge in [-0.2, -0.15) is 0 Å². The van der Waals surface area contributed by atoms with Gasteiger partial charge in [0, 0.05) is 11.1 Å². The van der Waals surface area contributed by atoms with Crippen molar-refractivity contribution in [2.24, 2.45) is 0 Å². The van der Waals surface area contributed by atoms with Crippen LogP contribution in [0, 0.1) is 0 Å². The minimum atomic E-state index is 0.690. The zero-order chi connectivity index (χ0) is 32.4. The maximum atomic E-state index is 5.97. The van der Waals surface area contributed by atoms with Crippen LogP contribution in [0.3, 0.4) is 0 Å². The Labute approximate surface area is 276 Å². The molecule has 0 heterocycles. The van der Waals surface area contributed by atoms with Gasteiger partial charge in [0.1, 0.15) is 23.0 Å². The van der Waals surface area contributed by atoms with E-state index in [4.69, 9.17) is 18.9 Å². The van der Waals surface area contributed by atoms with E-state index in [1.165, 1.54) is 0 Å². The van der Waals surface area contributed by atoms with E-state index in [0.717, 1.165) is 82.1 Å². The molecule has 0 aromatic heterocycles. The topological polar surface area (TPSA) is 36.9 Å². The average Bonchev–Trinajstić information content (AvgIpc) is 3.10. The van der Waals surface area contributed by atoms with E-state index in [9.17, 15) is 0 Å². The Morgan fingerprint density at radius 2 is 0.674 bits per heavy atom. The molecule has 0 unspecified atom stereocenters. The van der Waals surface area contributed by atoms with Crippen molar-refractivity contribution in [1.29, 1.82) is 0 Å². The van der Waals surface area contributed by atoms with Crippen molar-refractivity contribution in [2.45, 2.75) is 53.4 Å². The van der Waals surface area contributed by atoms with Gasteiger partial charge >= 0.3 is 0 Å². The van der Waals surface area contributed by atoms with Crippen molar-refractivity contribution in [2.75, 3.05) is 26.4 Å². The third kappa shape index (κ3) is 11.0. The summed E-state index contributed by atoms with van der Waals surface area (Å²) in [5.41, 5.74) is 6.58. The van der Waals surface area contributed by atoms with E-state index in [0.29, 0.717) is 26.4 Å². The van der Waals surface area contributed by atoms with Crippen LogP contribution >= 0.6 is 0 Å². The summed E-state index contributed by atoms with van der Waals surface area (Å²) in [5, 5.41) is 0. The summed E-state index contributed by atoms with van der Waals surface area (Å²) < 4.78 is 23.6. The van der Waals surface area contributed by atoms with Crippen molar-refractivity contribution in [3.05, 3.63) is 118 Å². The number of rotatable bonds is 18. The van der Waals surface area contributed by atoms with Crippen LogP contribution in [0.1, 0.15) is 86.8 Å². The van der Waals surface area contributed by atoms with Crippen LogP contribution in [0.25, 0.3) is 36.5 Å². The molecule has 0 amide bonds. The molecule has 0 saturated heterocycles. The highest BCUT2D eigenvalue weighted by Gasteiger charge is 2.06. The van der Waals surface area contributed by atoms with Crippen molar-refractivity contribution < 1.29 is 18.9 Å². The molecule has 0 N–H and O–H groups in total. The van der Waals surface area contributed by atoms with E-state index >= 15 is 0 Å². The Morgan fingerprint density at radius 1 is 0.370 bits per heavy atom. The highest BCUT2D eigenvalue weighted by molar-refractivity contribution is 5.76. The molecular weight excluding hydrogens is 568 g/mol. The third-order valence-electron chi connectivity index (χ3n) is 7.08. The molecule has 0 atom stereocenters. The van der Waals surface area contributed by atoms with Crippen LogP contribution in [0.4, 0.5) is 0 Å². The Kier molecular flexibility index (Phi) is 14.1. The molecule has 0 aliphatic carbocycles. The lowest BCUT2D eigenvalue weighted by molar-refractivity contribution is 0.308. The molecule has 240 valence electrons. The first-order valence-electron chi connectivity index (χ1n) is 16.7. The van der Waals surface area contributed by atoms with Gasteiger partial charge in [0.05, 0.1) is 26.4 Å². The van der Waals surface area contributed by atoms with E-state index in [2.05, 4.69) is 125 Å². The number of hydrogen-bond donors (Lipinski definition) is 0. The van der Waals surface area contributed by atoms with Crippen molar-refractivity contribution in [1.82, 2.24) is 0 Å². The molecule has 46 heavy (non-hydrogen) atoms. The maximum Gasteiger partial charge on any atom is 0.126 e. The molecule has 4 rings (SSSR count). The summed E-state index contributed by atoms with van der Waals surface area (Å²) in [7, 11) is 0. The summed E-state index contributed by atoms with van der Waals surface area (Å²) in [4.78, 5) is 0. The Hall–Kier alpha value is -4.70. The van der Waals surface area contributed by atoms with Crippen LogP contribution in [0.5, 0.6) is 23.0 Å². The second-order valence-corrected chi connectivity index (χ2v) is 11.1. The summed E-state index contributed by atoms with van der Waals surface area (Å²) in [6.45, 7) is 11.2. The van der Waals surface area contributed by atoms with Gasteiger partial charge in [-0.3, -0.25) is 0 Å². The van der Waals surface area contributed by atoms with Gasteiger partial charge in [0.15, 0.2) is 0 Å². The molecule has 4 aromatic rings. The summed E-state index contributed by atoms with van der Waals surface area (Å²) in [6.07, 6.45) is 16.6. The van der Waals surface area contributed by atoms with Crippen molar-refractivity contribution in [3.8, 4) is 23.0 Å². The smallest absolute Gasteiger partial charge is 0.126 e. The lowest BCUT2D eigenvalue weighted by Gasteiger charge is -2.11. The van der Waals surface area contributed by atoms with Crippen LogP contribution < -0.4 is 18.9 Å². The molecule has 0 aliphatic heterocycles. The quantitative estimate of drug-likeness (QED) is 0.104. The van der Waals surface area contributed by atoms with Gasteiger partial charge in [-0.05, 0) is 84.3 Å². The summed E-state index contributed by atoms with van der Waals surface area (Å²) in [5.74, 6) is 3.48. The highest BCUT2D eigenvalue weighted by Crippen LogP contribution is 2.28. The molecule has 0 bridgehead atoms. The predicted molar refractivity (Wildman–Crippen MR) is 196 cm³/mol. The van der Waals surface area contributed by atoms with E-state index in [1.807, 2.05) is 24.3 Å². The average molecular weight is 617 g/mol. The number of hydrogen-bond acceptors (Lipinski definition) is 4.